The predicted molar refractivity (Wildman–Crippen MR) is 77.4 cm³/mol. The van der Waals surface area contributed by atoms with Gasteiger partial charge in [-0.15, -0.1) is 0 Å². The van der Waals surface area contributed by atoms with Crippen molar-refractivity contribution in [2.24, 2.45) is 0 Å². The Morgan fingerprint density at radius 3 is 3.00 bits per heavy atom. The minimum absolute atomic E-state index is 0.234. The number of halogens is 1. The molecule has 1 fully saturated rings. The van der Waals surface area contributed by atoms with Gasteiger partial charge in [0.1, 0.15) is 21.8 Å². The van der Waals surface area contributed by atoms with Gasteiger partial charge in [-0.3, -0.25) is 0 Å². The lowest BCUT2D eigenvalue weighted by Gasteiger charge is -2.26. The van der Waals surface area contributed by atoms with E-state index in [1.807, 2.05) is 6.07 Å². The highest BCUT2D eigenvalue weighted by Crippen LogP contribution is 2.23. The molecule has 1 aromatic heterocycles. The number of aryl methyl sites for hydroxylation is 1. The van der Waals surface area contributed by atoms with Crippen molar-refractivity contribution in [1.29, 1.82) is 0 Å². The SMILES string of the molecule is CCCc1nc(Br)cc(NCC2(OC)CCOC2)n1. The third kappa shape index (κ3) is 3.87. The Bertz CT molecular complexity index is 422. The molecule has 6 heteroatoms. The van der Waals surface area contributed by atoms with Crippen LogP contribution < -0.4 is 5.32 Å². The van der Waals surface area contributed by atoms with E-state index in [-0.39, 0.29) is 5.60 Å². The Hall–Kier alpha value is -0.720. The Morgan fingerprint density at radius 2 is 2.37 bits per heavy atom. The van der Waals surface area contributed by atoms with Crippen LogP contribution >= 0.6 is 15.9 Å². The van der Waals surface area contributed by atoms with Gasteiger partial charge in [-0.05, 0) is 22.4 Å². The van der Waals surface area contributed by atoms with Gasteiger partial charge in [-0.1, -0.05) is 6.92 Å². The van der Waals surface area contributed by atoms with Crippen LogP contribution in [0.4, 0.5) is 5.82 Å². The summed E-state index contributed by atoms with van der Waals surface area (Å²) in [5, 5.41) is 3.33. The van der Waals surface area contributed by atoms with E-state index in [0.717, 1.165) is 42.1 Å². The van der Waals surface area contributed by atoms with Gasteiger partial charge in [-0.25, -0.2) is 9.97 Å². The molecule has 1 aliphatic heterocycles. The molecule has 0 aromatic carbocycles. The maximum atomic E-state index is 5.59. The molecule has 0 spiro atoms. The number of rotatable bonds is 6. The second-order valence-corrected chi connectivity index (χ2v) is 5.60. The van der Waals surface area contributed by atoms with E-state index in [2.05, 4.69) is 38.1 Å². The van der Waals surface area contributed by atoms with E-state index in [1.165, 1.54) is 0 Å². The zero-order valence-corrected chi connectivity index (χ0v) is 13.0. The average molecular weight is 330 g/mol. The van der Waals surface area contributed by atoms with Crippen molar-refractivity contribution in [3.05, 3.63) is 16.5 Å². The number of hydrogen-bond acceptors (Lipinski definition) is 5. The van der Waals surface area contributed by atoms with Crippen LogP contribution in [-0.4, -0.2) is 42.4 Å². The highest BCUT2D eigenvalue weighted by atomic mass is 79.9. The molecule has 1 atom stereocenters. The third-order valence-corrected chi connectivity index (χ3v) is 3.71. The van der Waals surface area contributed by atoms with Crippen molar-refractivity contribution in [3.63, 3.8) is 0 Å². The van der Waals surface area contributed by atoms with Crippen LogP contribution in [0.25, 0.3) is 0 Å². The molecule has 106 valence electrons. The lowest BCUT2D eigenvalue weighted by molar-refractivity contribution is -0.00625. The van der Waals surface area contributed by atoms with E-state index < -0.39 is 0 Å². The van der Waals surface area contributed by atoms with Crippen LogP contribution in [0.3, 0.4) is 0 Å². The molecule has 19 heavy (non-hydrogen) atoms. The normalized spacial score (nSPS) is 22.7. The third-order valence-electron chi connectivity index (χ3n) is 3.31. The van der Waals surface area contributed by atoms with Gasteiger partial charge >= 0.3 is 0 Å². The van der Waals surface area contributed by atoms with Crippen molar-refractivity contribution < 1.29 is 9.47 Å². The van der Waals surface area contributed by atoms with Gasteiger partial charge in [0.15, 0.2) is 0 Å². The molecule has 1 aliphatic rings. The lowest BCUT2D eigenvalue weighted by atomic mass is 10.0. The Kier molecular flexibility index (Phi) is 5.13. The molecule has 0 bridgehead atoms. The van der Waals surface area contributed by atoms with Crippen molar-refractivity contribution in [1.82, 2.24) is 9.97 Å². The highest BCUT2D eigenvalue weighted by molar-refractivity contribution is 9.10. The maximum Gasteiger partial charge on any atom is 0.132 e. The molecule has 1 aromatic rings. The number of nitrogens with zero attached hydrogens (tertiary/aromatic N) is 2. The molecule has 0 saturated carbocycles. The van der Waals surface area contributed by atoms with Crippen LogP contribution in [0.1, 0.15) is 25.6 Å². The smallest absolute Gasteiger partial charge is 0.132 e. The minimum Gasteiger partial charge on any atom is -0.378 e. The second kappa shape index (κ2) is 6.63. The van der Waals surface area contributed by atoms with E-state index in [4.69, 9.17) is 9.47 Å². The molecule has 2 rings (SSSR count). The average Bonchev–Trinajstić information content (AvgIpc) is 2.86. The Balaban J connectivity index is 2.02. The standard InChI is InChI=1S/C13H20BrN3O2/c1-3-4-11-16-10(14)7-12(17-11)15-8-13(18-2)5-6-19-9-13/h7H,3-6,8-9H2,1-2H3,(H,15,16,17). The zero-order chi connectivity index (χ0) is 13.7. The van der Waals surface area contributed by atoms with Crippen molar-refractivity contribution in [2.75, 3.05) is 32.2 Å². The van der Waals surface area contributed by atoms with Gasteiger partial charge in [0, 0.05) is 39.2 Å². The first-order valence-corrected chi connectivity index (χ1v) is 7.37. The zero-order valence-electron chi connectivity index (χ0n) is 11.4. The molecule has 2 heterocycles. The quantitative estimate of drug-likeness (QED) is 0.812. The molecule has 1 unspecified atom stereocenters. The monoisotopic (exact) mass is 329 g/mol. The fourth-order valence-corrected chi connectivity index (χ4v) is 2.52. The summed E-state index contributed by atoms with van der Waals surface area (Å²) in [6.45, 7) is 4.19. The minimum atomic E-state index is -0.234. The first-order chi connectivity index (χ1) is 9.17. The summed E-state index contributed by atoms with van der Waals surface area (Å²) in [7, 11) is 1.73. The largest absolute Gasteiger partial charge is 0.378 e. The van der Waals surface area contributed by atoms with E-state index in [0.29, 0.717) is 13.2 Å². The van der Waals surface area contributed by atoms with E-state index >= 15 is 0 Å². The lowest BCUT2D eigenvalue weighted by Crippen LogP contribution is -2.39. The van der Waals surface area contributed by atoms with Crippen molar-refractivity contribution >= 4 is 21.7 Å². The fraction of sp³-hybridized carbons (Fsp3) is 0.692. The summed E-state index contributed by atoms with van der Waals surface area (Å²) in [5.74, 6) is 1.68. The summed E-state index contributed by atoms with van der Waals surface area (Å²) in [4.78, 5) is 8.85. The molecule has 0 radical (unpaired) electrons. The number of nitrogens with one attached hydrogen (secondary N) is 1. The van der Waals surface area contributed by atoms with Crippen LogP contribution in [0, 0.1) is 0 Å². The molecular weight excluding hydrogens is 310 g/mol. The highest BCUT2D eigenvalue weighted by Gasteiger charge is 2.34. The number of anilines is 1. The summed E-state index contributed by atoms with van der Waals surface area (Å²) in [6, 6.07) is 1.89. The van der Waals surface area contributed by atoms with Crippen LogP contribution in [0.5, 0.6) is 0 Å². The van der Waals surface area contributed by atoms with Gasteiger partial charge < -0.3 is 14.8 Å². The second-order valence-electron chi connectivity index (χ2n) is 4.79. The number of hydrogen-bond donors (Lipinski definition) is 1. The molecule has 0 aliphatic carbocycles. The Labute approximate surface area is 122 Å². The first kappa shape index (κ1) is 14.7. The van der Waals surface area contributed by atoms with Gasteiger partial charge in [0.25, 0.3) is 0 Å². The topological polar surface area (TPSA) is 56.3 Å². The predicted octanol–water partition coefficient (Wildman–Crippen LogP) is 2.41. The molecule has 5 nitrogen and oxygen atoms in total. The van der Waals surface area contributed by atoms with Crippen LogP contribution in [0.15, 0.2) is 10.7 Å². The van der Waals surface area contributed by atoms with Crippen LogP contribution in [0.2, 0.25) is 0 Å². The molecule has 0 amide bonds. The number of aromatic nitrogens is 2. The van der Waals surface area contributed by atoms with Crippen molar-refractivity contribution in [2.45, 2.75) is 31.8 Å². The summed E-state index contributed by atoms with van der Waals surface area (Å²) in [6.07, 6.45) is 2.82. The molecular formula is C13H20BrN3O2. The van der Waals surface area contributed by atoms with Crippen molar-refractivity contribution in [3.8, 4) is 0 Å². The van der Waals surface area contributed by atoms with E-state index in [9.17, 15) is 0 Å². The van der Waals surface area contributed by atoms with Gasteiger partial charge in [0.2, 0.25) is 0 Å². The summed E-state index contributed by atoms with van der Waals surface area (Å²) < 4.78 is 11.8. The molecule has 1 N–H and O–H groups in total. The summed E-state index contributed by atoms with van der Waals surface area (Å²) >= 11 is 3.42. The van der Waals surface area contributed by atoms with Gasteiger partial charge in [-0.2, -0.15) is 0 Å². The summed E-state index contributed by atoms with van der Waals surface area (Å²) in [5.41, 5.74) is -0.234. The number of ether oxygens (including phenoxy) is 2. The fourth-order valence-electron chi connectivity index (χ4n) is 2.10. The first-order valence-electron chi connectivity index (χ1n) is 6.58. The number of methoxy groups -OCH3 is 1. The molecule has 1 saturated heterocycles. The Morgan fingerprint density at radius 1 is 1.53 bits per heavy atom. The van der Waals surface area contributed by atoms with Crippen LogP contribution in [-0.2, 0) is 15.9 Å². The van der Waals surface area contributed by atoms with E-state index in [1.54, 1.807) is 7.11 Å². The maximum absolute atomic E-state index is 5.59. The van der Waals surface area contributed by atoms with Gasteiger partial charge in [0.05, 0.1) is 6.61 Å².